The summed E-state index contributed by atoms with van der Waals surface area (Å²) in [6, 6.07) is 6.03. The number of anilines is 2. The Morgan fingerprint density at radius 1 is 1.21 bits per heavy atom. The molecule has 0 aliphatic carbocycles. The molecule has 0 saturated carbocycles. The number of nitrogens with one attached hydrogen (secondary N) is 1. The van der Waals surface area contributed by atoms with Crippen molar-refractivity contribution in [2.24, 2.45) is 0 Å². The van der Waals surface area contributed by atoms with Crippen molar-refractivity contribution in [3.8, 4) is 0 Å². The first-order valence-electron chi connectivity index (χ1n) is 6.38. The first-order valence-corrected chi connectivity index (χ1v) is 6.38. The fraction of sp³-hybridized carbons (Fsp3) is 0.357. The molecule has 0 atom stereocenters. The van der Waals surface area contributed by atoms with Gasteiger partial charge in [-0.05, 0) is 26.0 Å². The van der Waals surface area contributed by atoms with E-state index in [1.807, 2.05) is 44.0 Å². The van der Waals surface area contributed by atoms with Crippen molar-refractivity contribution in [1.29, 1.82) is 0 Å². The van der Waals surface area contributed by atoms with E-state index < -0.39 is 0 Å². The van der Waals surface area contributed by atoms with Crippen molar-refractivity contribution in [2.45, 2.75) is 20.4 Å². The Hall–Kier alpha value is -2.17. The second-order valence-corrected chi connectivity index (χ2v) is 4.42. The topological polar surface area (TPSA) is 53.9 Å². The van der Waals surface area contributed by atoms with Crippen LogP contribution in [0.25, 0.3) is 0 Å². The van der Waals surface area contributed by atoms with Gasteiger partial charge in [0.2, 0.25) is 0 Å². The van der Waals surface area contributed by atoms with E-state index in [1.54, 1.807) is 12.4 Å². The maximum atomic E-state index is 4.51. The average molecular weight is 257 g/mol. The summed E-state index contributed by atoms with van der Waals surface area (Å²) in [6.07, 6.45) is 3.49. The fourth-order valence-electron chi connectivity index (χ4n) is 1.82. The Morgan fingerprint density at radius 2 is 2.05 bits per heavy atom. The quantitative estimate of drug-likeness (QED) is 0.890. The van der Waals surface area contributed by atoms with Gasteiger partial charge in [0, 0.05) is 19.3 Å². The lowest BCUT2D eigenvalue weighted by atomic mass is 10.3. The molecule has 0 aromatic carbocycles. The van der Waals surface area contributed by atoms with Crippen molar-refractivity contribution in [3.63, 3.8) is 0 Å². The highest BCUT2D eigenvalue weighted by Crippen LogP contribution is 2.13. The second kappa shape index (κ2) is 6.13. The van der Waals surface area contributed by atoms with E-state index in [1.165, 1.54) is 0 Å². The molecular weight excluding hydrogens is 238 g/mol. The summed E-state index contributed by atoms with van der Waals surface area (Å²) in [7, 11) is 1.99. The standard InChI is InChI=1S/C14H19N5/c1-4-16-13-8-15-9-14(18-13)19(3)10-12-7-5-6-11(2)17-12/h5-9H,4,10H2,1-3H3,(H,16,18). The number of aryl methyl sites for hydroxylation is 1. The first kappa shape index (κ1) is 13.3. The van der Waals surface area contributed by atoms with E-state index in [2.05, 4.69) is 20.3 Å². The molecule has 0 fully saturated rings. The minimum absolute atomic E-state index is 0.714. The van der Waals surface area contributed by atoms with Crippen molar-refractivity contribution in [2.75, 3.05) is 23.8 Å². The molecule has 0 unspecified atom stereocenters. The predicted octanol–water partition coefficient (Wildman–Crippen LogP) is 2.25. The number of hydrogen-bond donors (Lipinski definition) is 1. The normalized spacial score (nSPS) is 10.3. The Labute approximate surface area is 113 Å². The fourth-order valence-corrected chi connectivity index (χ4v) is 1.82. The smallest absolute Gasteiger partial charge is 0.149 e. The van der Waals surface area contributed by atoms with Crippen LogP contribution in [0.4, 0.5) is 11.6 Å². The Kier molecular flexibility index (Phi) is 4.28. The minimum atomic E-state index is 0.714. The van der Waals surface area contributed by atoms with Crippen LogP contribution in [-0.2, 0) is 6.54 Å². The molecule has 5 nitrogen and oxygen atoms in total. The zero-order valence-corrected chi connectivity index (χ0v) is 11.6. The molecule has 2 aromatic rings. The van der Waals surface area contributed by atoms with Crippen molar-refractivity contribution in [3.05, 3.63) is 42.0 Å². The Balaban J connectivity index is 2.11. The molecule has 0 amide bonds. The summed E-state index contributed by atoms with van der Waals surface area (Å²) < 4.78 is 0. The van der Waals surface area contributed by atoms with E-state index in [-0.39, 0.29) is 0 Å². The highest BCUT2D eigenvalue weighted by atomic mass is 15.2. The van der Waals surface area contributed by atoms with Crippen LogP contribution in [0.3, 0.4) is 0 Å². The Morgan fingerprint density at radius 3 is 2.79 bits per heavy atom. The van der Waals surface area contributed by atoms with Crippen LogP contribution in [0.1, 0.15) is 18.3 Å². The lowest BCUT2D eigenvalue weighted by Gasteiger charge is -2.18. The zero-order valence-electron chi connectivity index (χ0n) is 11.6. The third kappa shape index (κ3) is 3.64. The monoisotopic (exact) mass is 257 g/mol. The van der Waals surface area contributed by atoms with Crippen LogP contribution in [0, 0.1) is 6.92 Å². The average Bonchev–Trinajstić information content (AvgIpc) is 2.39. The molecule has 0 saturated heterocycles. The summed E-state index contributed by atoms with van der Waals surface area (Å²) in [6.45, 7) is 5.58. The largest absolute Gasteiger partial charge is 0.369 e. The number of nitrogens with zero attached hydrogens (tertiary/aromatic N) is 4. The van der Waals surface area contributed by atoms with Gasteiger partial charge in [-0.1, -0.05) is 6.07 Å². The van der Waals surface area contributed by atoms with E-state index in [0.29, 0.717) is 6.54 Å². The van der Waals surface area contributed by atoms with Gasteiger partial charge >= 0.3 is 0 Å². The summed E-state index contributed by atoms with van der Waals surface area (Å²) >= 11 is 0. The predicted molar refractivity (Wildman–Crippen MR) is 77.3 cm³/mol. The summed E-state index contributed by atoms with van der Waals surface area (Å²) in [4.78, 5) is 15.2. The molecule has 0 aliphatic heterocycles. The maximum Gasteiger partial charge on any atom is 0.149 e. The number of pyridine rings is 1. The molecule has 1 N–H and O–H groups in total. The summed E-state index contributed by atoms with van der Waals surface area (Å²) in [5.41, 5.74) is 2.05. The highest BCUT2D eigenvalue weighted by molar-refractivity contribution is 5.43. The lowest BCUT2D eigenvalue weighted by molar-refractivity contribution is 0.854. The lowest BCUT2D eigenvalue weighted by Crippen LogP contribution is -2.19. The van der Waals surface area contributed by atoms with Gasteiger partial charge in [0.1, 0.15) is 11.6 Å². The number of rotatable bonds is 5. The molecule has 0 spiro atoms. The third-order valence-electron chi connectivity index (χ3n) is 2.72. The number of aromatic nitrogens is 3. The minimum Gasteiger partial charge on any atom is -0.369 e. The van der Waals surface area contributed by atoms with Crippen LogP contribution in [0.15, 0.2) is 30.6 Å². The van der Waals surface area contributed by atoms with Gasteiger partial charge < -0.3 is 10.2 Å². The molecule has 5 heteroatoms. The van der Waals surface area contributed by atoms with E-state index >= 15 is 0 Å². The van der Waals surface area contributed by atoms with Gasteiger partial charge in [0.05, 0.1) is 24.6 Å². The zero-order chi connectivity index (χ0) is 13.7. The van der Waals surface area contributed by atoms with Crippen LogP contribution in [-0.4, -0.2) is 28.5 Å². The third-order valence-corrected chi connectivity index (χ3v) is 2.72. The van der Waals surface area contributed by atoms with Crippen molar-refractivity contribution in [1.82, 2.24) is 15.0 Å². The van der Waals surface area contributed by atoms with E-state index in [0.717, 1.165) is 29.6 Å². The maximum absolute atomic E-state index is 4.51. The van der Waals surface area contributed by atoms with E-state index in [9.17, 15) is 0 Å². The summed E-state index contributed by atoms with van der Waals surface area (Å²) in [5, 5.41) is 3.16. The van der Waals surface area contributed by atoms with Crippen molar-refractivity contribution < 1.29 is 0 Å². The van der Waals surface area contributed by atoms with Gasteiger partial charge in [-0.25, -0.2) is 4.98 Å². The van der Waals surface area contributed by atoms with Crippen LogP contribution < -0.4 is 10.2 Å². The molecule has 0 aliphatic rings. The van der Waals surface area contributed by atoms with Gasteiger partial charge in [-0.15, -0.1) is 0 Å². The van der Waals surface area contributed by atoms with Crippen LogP contribution in [0.2, 0.25) is 0 Å². The summed E-state index contributed by atoms with van der Waals surface area (Å²) in [5.74, 6) is 1.63. The molecule has 19 heavy (non-hydrogen) atoms. The van der Waals surface area contributed by atoms with Crippen molar-refractivity contribution >= 4 is 11.6 Å². The molecule has 2 rings (SSSR count). The van der Waals surface area contributed by atoms with Gasteiger partial charge in [-0.2, -0.15) is 0 Å². The molecule has 2 heterocycles. The van der Waals surface area contributed by atoms with Gasteiger partial charge in [0.15, 0.2) is 0 Å². The van der Waals surface area contributed by atoms with Crippen LogP contribution in [0.5, 0.6) is 0 Å². The number of hydrogen-bond acceptors (Lipinski definition) is 5. The molecular formula is C14H19N5. The van der Waals surface area contributed by atoms with Gasteiger partial charge in [-0.3, -0.25) is 9.97 Å². The molecule has 0 radical (unpaired) electrons. The Bertz CT molecular complexity index is 541. The van der Waals surface area contributed by atoms with Crippen LogP contribution >= 0.6 is 0 Å². The SMILES string of the molecule is CCNc1cncc(N(C)Cc2cccc(C)n2)n1. The van der Waals surface area contributed by atoms with E-state index in [4.69, 9.17) is 0 Å². The first-order chi connectivity index (χ1) is 9.19. The molecule has 0 bridgehead atoms. The second-order valence-electron chi connectivity index (χ2n) is 4.42. The highest BCUT2D eigenvalue weighted by Gasteiger charge is 2.06. The molecule has 2 aromatic heterocycles. The van der Waals surface area contributed by atoms with Gasteiger partial charge in [0.25, 0.3) is 0 Å². The molecule has 100 valence electrons.